The maximum atomic E-state index is 12.7. The number of nitrogens with one attached hydrogen (secondary N) is 2. The molecule has 0 radical (unpaired) electrons. The first kappa shape index (κ1) is 19.6. The fourth-order valence-electron chi connectivity index (χ4n) is 4.15. The third-order valence-corrected chi connectivity index (χ3v) is 5.89. The van der Waals surface area contributed by atoms with Gasteiger partial charge in [0.05, 0.1) is 20.4 Å². The van der Waals surface area contributed by atoms with Crippen molar-refractivity contribution in [3.05, 3.63) is 41.2 Å². The van der Waals surface area contributed by atoms with Crippen molar-refractivity contribution in [1.82, 2.24) is 25.3 Å². The van der Waals surface area contributed by atoms with Crippen molar-refractivity contribution < 1.29 is 14.3 Å². The number of hydrogen-bond donors (Lipinski definition) is 2. The summed E-state index contributed by atoms with van der Waals surface area (Å²) in [6.07, 6.45) is 4.65. The third kappa shape index (κ3) is 4.48. The molecule has 29 heavy (non-hydrogen) atoms. The van der Waals surface area contributed by atoms with Crippen LogP contribution in [0.2, 0.25) is 0 Å². The molecule has 1 fully saturated rings. The quantitative estimate of drug-likeness (QED) is 0.801. The number of fused-ring (bicyclic) bond motifs is 1. The van der Waals surface area contributed by atoms with E-state index in [1.54, 1.807) is 14.2 Å². The number of piperazine rings is 1. The van der Waals surface area contributed by atoms with E-state index < -0.39 is 0 Å². The second-order valence-electron chi connectivity index (χ2n) is 7.70. The number of amides is 2. The van der Waals surface area contributed by atoms with E-state index in [1.165, 1.54) is 5.56 Å². The van der Waals surface area contributed by atoms with E-state index in [-0.39, 0.29) is 12.1 Å². The molecule has 1 atom stereocenters. The van der Waals surface area contributed by atoms with Crippen molar-refractivity contribution in [3.8, 4) is 11.5 Å². The number of aromatic nitrogens is 2. The summed E-state index contributed by atoms with van der Waals surface area (Å²) < 4.78 is 10.8. The lowest BCUT2D eigenvalue weighted by Gasteiger charge is -2.36. The van der Waals surface area contributed by atoms with Crippen LogP contribution < -0.4 is 14.8 Å². The summed E-state index contributed by atoms with van der Waals surface area (Å²) in [5, 5.41) is 10.4. The zero-order chi connectivity index (χ0) is 20.2. The van der Waals surface area contributed by atoms with Gasteiger partial charge in [-0.3, -0.25) is 10.00 Å². The molecule has 0 bridgehead atoms. The molecule has 0 spiro atoms. The van der Waals surface area contributed by atoms with Crippen LogP contribution in [0, 0.1) is 0 Å². The lowest BCUT2D eigenvalue weighted by atomic mass is 9.94. The first-order valence-corrected chi connectivity index (χ1v) is 10.2. The monoisotopic (exact) mass is 399 g/mol. The van der Waals surface area contributed by atoms with Gasteiger partial charge in [0.25, 0.3) is 0 Å². The molecule has 1 unspecified atom stereocenters. The van der Waals surface area contributed by atoms with Gasteiger partial charge in [0.15, 0.2) is 0 Å². The molecule has 1 aromatic carbocycles. The molecule has 1 aliphatic carbocycles. The molecule has 1 saturated heterocycles. The topological polar surface area (TPSA) is 82.7 Å². The van der Waals surface area contributed by atoms with Crippen LogP contribution in [0.25, 0.3) is 0 Å². The zero-order valence-corrected chi connectivity index (χ0v) is 17.1. The highest BCUT2D eigenvalue weighted by Gasteiger charge is 2.26. The number of urea groups is 1. The number of ether oxygens (including phenoxy) is 2. The molecule has 4 rings (SSSR count). The minimum absolute atomic E-state index is 0.0385. The zero-order valence-electron chi connectivity index (χ0n) is 17.1. The Balaban J connectivity index is 1.28. The van der Waals surface area contributed by atoms with Gasteiger partial charge in [-0.25, -0.2) is 4.79 Å². The van der Waals surface area contributed by atoms with Gasteiger partial charge in [-0.05, 0) is 36.6 Å². The van der Waals surface area contributed by atoms with Crippen LogP contribution in [0.15, 0.2) is 24.4 Å². The Morgan fingerprint density at radius 1 is 1.24 bits per heavy atom. The van der Waals surface area contributed by atoms with Crippen molar-refractivity contribution in [2.75, 3.05) is 40.4 Å². The second-order valence-corrected chi connectivity index (χ2v) is 7.70. The fourth-order valence-corrected chi connectivity index (χ4v) is 4.15. The van der Waals surface area contributed by atoms with Crippen LogP contribution in [0.5, 0.6) is 11.5 Å². The molecule has 2 aromatic rings. The number of nitrogens with zero attached hydrogens (tertiary/aromatic N) is 3. The Morgan fingerprint density at radius 3 is 2.83 bits per heavy atom. The molecular formula is C21H29N5O3. The van der Waals surface area contributed by atoms with E-state index in [0.717, 1.165) is 74.7 Å². The van der Waals surface area contributed by atoms with Crippen molar-refractivity contribution in [3.63, 3.8) is 0 Å². The van der Waals surface area contributed by atoms with E-state index >= 15 is 0 Å². The first-order valence-electron chi connectivity index (χ1n) is 10.2. The van der Waals surface area contributed by atoms with Crippen LogP contribution in [0.4, 0.5) is 4.79 Å². The number of aromatic amines is 1. The Kier molecular flexibility index (Phi) is 5.89. The summed E-state index contributed by atoms with van der Waals surface area (Å²) in [6.45, 7) is 3.90. The van der Waals surface area contributed by atoms with Crippen LogP contribution in [-0.4, -0.2) is 72.5 Å². The van der Waals surface area contributed by atoms with Crippen LogP contribution in [-0.2, 0) is 19.4 Å². The van der Waals surface area contributed by atoms with E-state index in [4.69, 9.17) is 9.47 Å². The molecule has 2 N–H and O–H groups in total. The Hall–Kier alpha value is -2.74. The minimum atomic E-state index is 0.0385. The van der Waals surface area contributed by atoms with Crippen molar-refractivity contribution in [2.45, 2.75) is 31.8 Å². The number of hydrogen-bond acceptors (Lipinski definition) is 5. The van der Waals surface area contributed by atoms with Gasteiger partial charge in [0.2, 0.25) is 0 Å². The van der Waals surface area contributed by atoms with Gasteiger partial charge < -0.3 is 19.7 Å². The standard InChI is InChI=1S/C21H29N5O3/c1-28-18-5-6-20(29-2)16(11-18)14-25-7-9-26(10-8-25)21(27)23-17-4-3-15-13-22-24-19(15)12-17/h5-6,11,13,17H,3-4,7-10,12,14H2,1-2H3,(H,22,24)(H,23,27). The average molecular weight is 399 g/mol. The molecule has 0 saturated carbocycles. The average Bonchev–Trinajstić information content (AvgIpc) is 3.22. The number of H-pyrrole nitrogens is 1. The van der Waals surface area contributed by atoms with E-state index in [0.29, 0.717) is 0 Å². The van der Waals surface area contributed by atoms with Crippen molar-refractivity contribution >= 4 is 6.03 Å². The highest BCUT2D eigenvalue weighted by molar-refractivity contribution is 5.74. The predicted octanol–water partition coefficient (Wildman–Crippen LogP) is 1.81. The van der Waals surface area contributed by atoms with Gasteiger partial charge in [0.1, 0.15) is 11.5 Å². The number of carbonyl (C=O) groups excluding carboxylic acids is 1. The molecule has 2 amide bonds. The second kappa shape index (κ2) is 8.73. The summed E-state index contributed by atoms with van der Waals surface area (Å²) in [6, 6.07) is 6.08. The SMILES string of the molecule is COc1ccc(OC)c(CN2CCN(C(=O)NC3CCc4cn[nH]c4C3)CC2)c1. The fraction of sp³-hybridized carbons (Fsp3) is 0.524. The van der Waals surface area contributed by atoms with E-state index in [2.05, 4.69) is 20.4 Å². The molecule has 8 heteroatoms. The largest absolute Gasteiger partial charge is 0.497 e. The minimum Gasteiger partial charge on any atom is -0.497 e. The first-order chi connectivity index (χ1) is 14.2. The summed E-state index contributed by atoms with van der Waals surface area (Å²) in [5.74, 6) is 1.69. The van der Waals surface area contributed by atoms with Crippen molar-refractivity contribution in [2.24, 2.45) is 0 Å². The normalized spacial score (nSPS) is 19.5. The lowest BCUT2D eigenvalue weighted by Crippen LogP contribution is -2.53. The van der Waals surface area contributed by atoms with Crippen LogP contribution in [0.3, 0.4) is 0 Å². The van der Waals surface area contributed by atoms with Gasteiger partial charge in [0, 0.05) is 56.4 Å². The molecule has 156 valence electrons. The van der Waals surface area contributed by atoms with Crippen LogP contribution in [0.1, 0.15) is 23.2 Å². The Bertz CT molecular complexity index is 845. The predicted molar refractivity (Wildman–Crippen MR) is 109 cm³/mol. The molecule has 1 aliphatic heterocycles. The summed E-state index contributed by atoms with van der Waals surface area (Å²) >= 11 is 0. The van der Waals surface area contributed by atoms with E-state index in [9.17, 15) is 4.79 Å². The van der Waals surface area contributed by atoms with Crippen LogP contribution >= 0.6 is 0 Å². The molecule has 2 heterocycles. The van der Waals surface area contributed by atoms with Gasteiger partial charge in [-0.2, -0.15) is 5.10 Å². The molecular weight excluding hydrogens is 370 g/mol. The maximum Gasteiger partial charge on any atom is 0.317 e. The summed E-state index contributed by atoms with van der Waals surface area (Å²) in [4.78, 5) is 17.0. The highest BCUT2D eigenvalue weighted by Crippen LogP contribution is 2.25. The number of aryl methyl sites for hydroxylation is 1. The molecule has 1 aromatic heterocycles. The van der Waals surface area contributed by atoms with Gasteiger partial charge >= 0.3 is 6.03 Å². The Morgan fingerprint density at radius 2 is 2.07 bits per heavy atom. The third-order valence-electron chi connectivity index (χ3n) is 5.89. The lowest BCUT2D eigenvalue weighted by molar-refractivity contribution is 0.132. The smallest absolute Gasteiger partial charge is 0.317 e. The summed E-state index contributed by atoms with van der Waals surface area (Å²) in [5.41, 5.74) is 3.53. The molecule has 8 nitrogen and oxygen atoms in total. The van der Waals surface area contributed by atoms with Gasteiger partial charge in [-0.1, -0.05) is 0 Å². The highest BCUT2D eigenvalue weighted by atomic mass is 16.5. The number of benzene rings is 1. The molecule has 2 aliphatic rings. The van der Waals surface area contributed by atoms with E-state index in [1.807, 2.05) is 29.3 Å². The summed E-state index contributed by atoms with van der Waals surface area (Å²) in [7, 11) is 3.35. The number of carbonyl (C=O) groups is 1. The number of rotatable bonds is 5. The van der Waals surface area contributed by atoms with Crippen molar-refractivity contribution in [1.29, 1.82) is 0 Å². The maximum absolute atomic E-state index is 12.7. The number of methoxy groups -OCH3 is 2. The van der Waals surface area contributed by atoms with Gasteiger partial charge in [-0.15, -0.1) is 0 Å². The Labute approximate surface area is 171 Å².